The van der Waals surface area contributed by atoms with E-state index in [0.717, 1.165) is 22.1 Å². The lowest BCUT2D eigenvalue weighted by molar-refractivity contribution is 0.158. The number of carbonyl (C=O) groups excluding carboxylic acids is 1. The van der Waals surface area contributed by atoms with Crippen molar-refractivity contribution in [1.29, 1.82) is 0 Å². The monoisotopic (exact) mass is 255 g/mol. The van der Waals surface area contributed by atoms with Gasteiger partial charge in [-0.15, -0.1) is 0 Å². The maximum absolute atomic E-state index is 11.4. The number of benzene rings is 2. The van der Waals surface area contributed by atoms with Gasteiger partial charge in [0, 0.05) is 5.39 Å². The van der Waals surface area contributed by atoms with E-state index in [1.807, 2.05) is 36.4 Å². The average molecular weight is 255 g/mol. The van der Waals surface area contributed by atoms with Gasteiger partial charge in [0.05, 0.1) is 18.0 Å². The Morgan fingerprint density at radius 2 is 2.11 bits per heavy atom. The number of aliphatic imine (C=N–C) groups is 1. The van der Waals surface area contributed by atoms with Crippen LogP contribution in [0.15, 0.2) is 41.4 Å². The topological polar surface area (TPSA) is 62.7 Å². The minimum Gasteiger partial charge on any atom is -0.450 e. The zero-order valence-electron chi connectivity index (χ0n) is 10.4. The SMILES string of the molecule is CCOC(=O)NC1=Nc2cccc3cccc(c23)N1. The summed E-state index contributed by atoms with van der Waals surface area (Å²) in [4.78, 5) is 15.8. The number of hydrogen-bond acceptors (Lipinski definition) is 4. The van der Waals surface area contributed by atoms with E-state index in [0.29, 0.717) is 12.6 Å². The number of rotatable bonds is 1. The molecule has 1 amide bonds. The van der Waals surface area contributed by atoms with Gasteiger partial charge in [0.25, 0.3) is 0 Å². The predicted octanol–water partition coefficient (Wildman–Crippen LogP) is 3.00. The third-order valence-corrected chi connectivity index (χ3v) is 2.86. The predicted molar refractivity (Wildman–Crippen MR) is 74.8 cm³/mol. The second-order valence-electron chi connectivity index (χ2n) is 4.11. The molecule has 19 heavy (non-hydrogen) atoms. The molecule has 0 saturated heterocycles. The van der Waals surface area contributed by atoms with Gasteiger partial charge in [-0.05, 0) is 24.4 Å². The maximum Gasteiger partial charge on any atom is 0.413 e. The van der Waals surface area contributed by atoms with Crippen molar-refractivity contribution in [2.24, 2.45) is 4.99 Å². The van der Waals surface area contributed by atoms with Gasteiger partial charge in [0.1, 0.15) is 0 Å². The van der Waals surface area contributed by atoms with Crippen LogP contribution in [0.4, 0.5) is 16.2 Å². The Morgan fingerprint density at radius 3 is 2.89 bits per heavy atom. The largest absolute Gasteiger partial charge is 0.450 e. The summed E-state index contributed by atoms with van der Waals surface area (Å²) in [7, 11) is 0. The van der Waals surface area contributed by atoms with E-state index in [2.05, 4.69) is 15.6 Å². The molecule has 0 unspecified atom stereocenters. The molecular formula is C14H13N3O2. The Hall–Kier alpha value is -2.56. The van der Waals surface area contributed by atoms with Crippen LogP contribution in [0.2, 0.25) is 0 Å². The molecule has 0 bridgehead atoms. The van der Waals surface area contributed by atoms with Gasteiger partial charge in [0.15, 0.2) is 0 Å². The minimum absolute atomic E-state index is 0.325. The van der Waals surface area contributed by atoms with E-state index >= 15 is 0 Å². The lowest BCUT2D eigenvalue weighted by atomic mass is 10.1. The molecule has 1 aliphatic heterocycles. The van der Waals surface area contributed by atoms with Crippen molar-refractivity contribution in [3.8, 4) is 0 Å². The normalized spacial score (nSPS) is 12.6. The van der Waals surface area contributed by atoms with Gasteiger partial charge in [-0.2, -0.15) is 0 Å². The Kier molecular flexibility index (Phi) is 2.79. The zero-order chi connectivity index (χ0) is 13.2. The zero-order valence-corrected chi connectivity index (χ0v) is 10.4. The van der Waals surface area contributed by atoms with Crippen molar-refractivity contribution in [2.75, 3.05) is 11.9 Å². The molecular weight excluding hydrogens is 242 g/mol. The van der Waals surface area contributed by atoms with Crippen molar-refractivity contribution in [3.05, 3.63) is 36.4 Å². The summed E-state index contributed by atoms with van der Waals surface area (Å²) in [5.41, 5.74) is 1.76. The van der Waals surface area contributed by atoms with Crippen LogP contribution < -0.4 is 10.6 Å². The van der Waals surface area contributed by atoms with Gasteiger partial charge < -0.3 is 10.1 Å². The minimum atomic E-state index is -0.514. The van der Waals surface area contributed by atoms with Gasteiger partial charge in [-0.3, -0.25) is 5.32 Å². The lowest BCUT2D eigenvalue weighted by Gasteiger charge is -2.18. The number of nitrogens with zero attached hydrogens (tertiary/aromatic N) is 1. The van der Waals surface area contributed by atoms with Crippen LogP contribution in [-0.4, -0.2) is 18.7 Å². The van der Waals surface area contributed by atoms with Crippen LogP contribution in [-0.2, 0) is 4.74 Å². The Balaban J connectivity index is 1.98. The van der Waals surface area contributed by atoms with Crippen LogP contribution in [0.1, 0.15) is 6.92 Å². The fourth-order valence-corrected chi connectivity index (χ4v) is 2.12. The molecule has 2 N–H and O–H groups in total. The molecule has 2 aromatic rings. The van der Waals surface area contributed by atoms with E-state index in [1.54, 1.807) is 6.92 Å². The standard InChI is InChI=1S/C14H13N3O2/c1-2-19-14(18)17-13-15-10-7-3-5-9-6-4-8-11(16-13)12(9)10/h3-8H,2H2,1H3,(H2,15,16,17,18). The highest BCUT2D eigenvalue weighted by Gasteiger charge is 2.15. The van der Waals surface area contributed by atoms with Crippen LogP contribution >= 0.6 is 0 Å². The fourth-order valence-electron chi connectivity index (χ4n) is 2.12. The number of ether oxygens (including phenoxy) is 1. The van der Waals surface area contributed by atoms with Gasteiger partial charge in [-0.25, -0.2) is 9.79 Å². The Morgan fingerprint density at radius 1 is 1.32 bits per heavy atom. The van der Waals surface area contributed by atoms with Crippen molar-refractivity contribution >= 4 is 34.2 Å². The Bertz CT molecular complexity index is 674. The molecule has 0 aliphatic carbocycles. The summed E-state index contributed by atoms with van der Waals surface area (Å²) in [6, 6.07) is 11.8. The van der Waals surface area contributed by atoms with Crippen LogP contribution in [0.3, 0.4) is 0 Å². The number of amides is 1. The lowest BCUT2D eigenvalue weighted by Crippen LogP contribution is -2.37. The van der Waals surface area contributed by atoms with Gasteiger partial charge in [0.2, 0.25) is 5.96 Å². The summed E-state index contributed by atoms with van der Waals surface area (Å²) < 4.78 is 4.83. The third-order valence-electron chi connectivity index (χ3n) is 2.86. The van der Waals surface area contributed by atoms with Crippen LogP contribution in [0, 0.1) is 0 Å². The molecule has 0 saturated carbocycles. The molecule has 0 aromatic heterocycles. The molecule has 0 radical (unpaired) electrons. The van der Waals surface area contributed by atoms with Crippen LogP contribution in [0.5, 0.6) is 0 Å². The van der Waals surface area contributed by atoms with Crippen LogP contribution in [0.25, 0.3) is 10.8 Å². The van der Waals surface area contributed by atoms with E-state index in [-0.39, 0.29) is 0 Å². The molecule has 5 nitrogen and oxygen atoms in total. The second-order valence-corrected chi connectivity index (χ2v) is 4.11. The average Bonchev–Trinajstić information content (AvgIpc) is 2.39. The molecule has 0 spiro atoms. The first-order valence-electron chi connectivity index (χ1n) is 6.09. The van der Waals surface area contributed by atoms with Crippen molar-refractivity contribution in [3.63, 3.8) is 0 Å². The second kappa shape index (κ2) is 4.61. The van der Waals surface area contributed by atoms with Crippen molar-refractivity contribution in [2.45, 2.75) is 6.92 Å². The molecule has 1 aliphatic rings. The van der Waals surface area contributed by atoms with E-state index in [9.17, 15) is 4.79 Å². The molecule has 96 valence electrons. The van der Waals surface area contributed by atoms with E-state index in [1.165, 1.54) is 0 Å². The highest BCUT2D eigenvalue weighted by atomic mass is 16.5. The smallest absolute Gasteiger partial charge is 0.413 e. The van der Waals surface area contributed by atoms with Crippen molar-refractivity contribution < 1.29 is 9.53 Å². The highest BCUT2D eigenvalue weighted by molar-refractivity contribution is 6.15. The summed E-state index contributed by atoms with van der Waals surface area (Å²) in [5, 5.41) is 7.84. The third kappa shape index (κ3) is 2.10. The Labute approximate surface area is 110 Å². The number of anilines is 1. The number of guanidine groups is 1. The number of alkyl carbamates (subject to hydrolysis) is 1. The highest BCUT2D eigenvalue weighted by Crippen LogP contribution is 2.34. The fraction of sp³-hybridized carbons (Fsp3) is 0.143. The number of hydrogen-bond donors (Lipinski definition) is 2. The first-order chi connectivity index (χ1) is 9.28. The summed E-state index contributed by atoms with van der Waals surface area (Å²) in [6.45, 7) is 2.08. The van der Waals surface area contributed by atoms with Crippen molar-refractivity contribution in [1.82, 2.24) is 5.32 Å². The number of carbonyl (C=O) groups is 1. The number of nitrogens with one attached hydrogen (secondary N) is 2. The molecule has 0 atom stereocenters. The summed E-state index contributed by atoms with van der Waals surface area (Å²) in [6.07, 6.45) is -0.514. The first kappa shape index (κ1) is 11.5. The van der Waals surface area contributed by atoms with Gasteiger partial charge >= 0.3 is 6.09 Å². The quantitative estimate of drug-likeness (QED) is 0.823. The maximum atomic E-state index is 11.4. The van der Waals surface area contributed by atoms with E-state index in [4.69, 9.17) is 4.74 Å². The molecule has 5 heteroatoms. The molecule has 0 fully saturated rings. The van der Waals surface area contributed by atoms with Gasteiger partial charge in [-0.1, -0.05) is 24.3 Å². The summed E-state index contributed by atoms with van der Waals surface area (Å²) in [5.74, 6) is 0.379. The molecule has 1 heterocycles. The first-order valence-corrected chi connectivity index (χ1v) is 6.09. The summed E-state index contributed by atoms with van der Waals surface area (Å²) >= 11 is 0. The molecule has 2 aromatic carbocycles. The van der Waals surface area contributed by atoms with E-state index < -0.39 is 6.09 Å². The molecule has 3 rings (SSSR count).